The number of rotatable bonds is 4. The molecule has 0 spiro atoms. The fourth-order valence-electron chi connectivity index (χ4n) is 3.83. The van der Waals surface area contributed by atoms with Crippen molar-refractivity contribution in [3.8, 4) is 11.1 Å². The molecule has 0 unspecified atom stereocenters. The molecule has 7 nitrogen and oxygen atoms in total. The molecule has 0 radical (unpaired) electrons. The summed E-state index contributed by atoms with van der Waals surface area (Å²) in [5.41, 5.74) is 4.92. The summed E-state index contributed by atoms with van der Waals surface area (Å²) >= 11 is 6.29. The van der Waals surface area contributed by atoms with Crippen molar-refractivity contribution in [1.29, 1.82) is 0 Å². The quantitative estimate of drug-likeness (QED) is 0.479. The molecule has 0 bridgehead atoms. The number of amides is 1. The number of nitrogens with zero attached hydrogens (tertiary/aromatic N) is 4. The molecule has 5 rings (SSSR count). The monoisotopic (exact) mass is 432 g/mol. The van der Waals surface area contributed by atoms with E-state index in [2.05, 4.69) is 49.7 Å². The summed E-state index contributed by atoms with van der Waals surface area (Å²) < 4.78 is 1.06. The predicted octanol–water partition coefficient (Wildman–Crippen LogP) is 3.84. The third-order valence-electron chi connectivity index (χ3n) is 5.52. The van der Waals surface area contributed by atoms with E-state index in [0.29, 0.717) is 5.69 Å². The van der Waals surface area contributed by atoms with Gasteiger partial charge in [0, 0.05) is 61.4 Å². The van der Waals surface area contributed by atoms with E-state index in [9.17, 15) is 4.79 Å². The fraction of sp³-hybridized carbons (Fsp3) is 0.174. The van der Waals surface area contributed by atoms with E-state index >= 15 is 0 Å². The first kappa shape index (κ1) is 19.5. The molecule has 0 saturated carbocycles. The molecule has 1 aliphatic rings. The summed E-state index contributed by atoms with van der Waals surface area (Å²) in [7, 11) is 0. The summed E-state index contributed by atoms with van der Waals surface area (Å²) in [6.45, 7) is 4.04. The summed E-state index contributed by atoms with van der Waals surface area (Å²) in [6, 6.07) is 17.8. The van der Waals surface area contributed by atoms with Crippen molar-refractivity contribution in [3.63, 3.8) is 0 Å². The Morgan fingerprint density at radius 2 is 1.68 bits per heavy atom. The first-order valence-corrected chi connectivity index (χ1v) is 10.5. The zero-order chi connectivity index (χ0) is 21.2. The highest BCUT2D eigenvalue weighted by Gasteiger charge is 2.21. The van der Waals surface area contributed by atoms with Gasteiger partial charge in [-0.25, -0.2) is 4.42 Å². The maximum Gasteiger partial charge on any atom is 0.294 e. The lowest BCUT2D eigenvalue weighted by Gasteiger charge is -2.29. The fourth-order valence-corrected chi connectivity index (χ4v) is 4.02. The second-order valence-corrected chi connectivity index (χ2v) is 7.75. The second-order valence-electron chi connectivity index (χ2n) is 7.41. The number of carbonyl (C=O) groups is 1. The summed E-state index contributed by atoms with van der Waals surface area (Å²) in [4.78, 5) is 19.3. The maximum atomic E-state index is 13.0. The van der Waals surface area contributed by atoms with E-state index in [1.807, 2.05) is 18.2 Å². The van der Waals surface area contributed by atoms with Crippen molar-refractivity contribution in [1.82, 2.24) is 20.5 Å². The normalized spacial score (nSPS) is 14.0. The van der Waals surface area contributed by atoms with Crippen LogP contribution in [0.2, 0.25) is 0 Å². The Labute approximate surface area is 184 Å². The van der Waals surface area contributed by atoms with Crippen LogP contribution in [0.15, 0.2) is 67.0 Å². The number of anilines is 2. The van der Waals surface area contributed by atoms with Crippen LogP contribution in [0.4, 0.5) is 11.4 Å². The van der Waals surface area contributed by atoms with Gasteiger partial charge >= 0.3 is 0 Å². The third kappa shape index (κ3) is 3.85. The third-order valence-corrected chi connectivity index (χ3v) is 5.86. The second kappa shape index (κ2) is 8.37. The minimum atomic E-state index is -0.398. The van der Waals surface area contributed by atoms with Gasteiger partial charge in [0.2, 0.25) is 0 Å². The molecule has 2 N–H and O–H groups in total. The summed E-state index contributed by atoms with van der Waals surface area (Å²) in [6.07, 6.45) is 3.17. The molecule has 156 valence electrons. The van der Waals surface area contributed by atoms with Gasteiger partial charge in [-0.1, -0.05) is 18.2 Å². The van der Waals surface area contributed by atoms with Crippen LogP contribution in [0, 0.1) is 0 Å². The van der Waals surface area contributed by atoms with Crippen molar-refractivity contribution in [2.75, 3.05) is 35.5 Å². The van der Waals surface area contributed by atoms with Crippen LogP contribution >= 0.6 is 11.8 Å². The van der Waals surface area contributed by atoms with Crippen LogP contribution < -0.4 is 14.6 Å². The van der Waals surface area contributed by atoms with Crippen molar-refractivity contribution in [2.24, 2.45) is 0 Å². The largest absolute Gasteiger partial charge is 0.369 e. The van der Waals surface area contributed by atoms with Crippen LogP contribution in [-0.4, -0.2) is 47.3 Å². The smallest absolute Gasteiger partial charge is 0.294 e. The minimum absolute atomic E-state index is 0.279. The molecule has 2 aromatic heterocycles. The van der Waals surface area contributed by atoms with Crippen LogP contribution in [0.25, 0.3) is 22.0 Å². The molecular weight excluding hydrogens is 412 g/mol. The molecule has 0 atom stereocenters. The van der Waals surface area contributed by atoms with E-state index in [1.54, 1.807) is 24.5 Å². The first-order valence-electron chi connectivity index (χ1n) is 10.2. The van der Waals surface area contributed by atoms with Gasteiger partial charge in [0.1, 0.15) is 0 Å². The zero-order valence-electron chi connectivity index (χ0n) is 16.8. The highest BCUT2D eigenvalue weighted by Crippen LogP contribution is 2.29. The molecule has 2 aromatic carbocycles. The molecule has 0 aliphatic carbocycles. The van der Waals surface area contributed by atoms with E-state index in [-0.39, 0.29) is 5.69 Å². The van der Waals surface area contributed by atoms with Gasteiger partial charge in [-0.15, -0.1) is 0 Å². The van der Waals surface area contributed by atoms with Crippen molar-refractivity contribution < 1.29 is 4.79 Å². The molecule has 31 heavy (non-hydrogen) atoms. The van der Waals surface area contributed by atoms with E-state index in [1.165, 1.54) is 5.69 Å². The van der Waals surface area contributed by atoms with Gasteiger partial charge in [0.15, 0.2) is 5.69 Å². The van der Waals surface area contributed by atoms with Gasteiger partial charge < -0.3 is 10.2 Å². The van der Waals surface area contributed by atoms with Crippen molar-refractivity contribution >= 4 is 40.0 Å². The van der Waals surface area contributed by atoms with Crippen LogP contribution in [0.5, 0.6) is 0 Å². The standard InChI is InChI=1S/C23H21ClN6O/c24-30(19-7-9-25-10-8-19)23(31)22-20-15-17(3-6-21(20)27-28-22)16-1-4-18(5-2-16)29-13-11-26-12-14-29/h1-10,15,26H,11-14H2,(H,27,28). The number of hydrogen-bond acceptors (Lipinski definition) is 5. The van der Waals surface area contributed by atoms with E-state index < -0.39 is 5.91 Å². The average molecular weight is 433 g/mol. The number of aromatic nitrogens is 3. The molecule has 1 amide bonds. The van der Waals surface area contributed by atoms with Crippen LogP contribution in [-0.2, 0) is 0 Å². The highest BCUT2D eigenvalue weighted by atomic mass is 35.5. The molecule has 3 heterocycles. The van der Waals surface area contributed by atoms with E-state index in [4.69, 9.17) is 11.8 Å². The van der Waals surface area contributed by atoms with Gasteiger partial charge in [0.25, 0.3) is 5.91 Å². The molecule has 4 aromatic rings. The van der Waals surface area contributed by atoms with Gasteiger partial charge in [-0.2, -0.15) is 5.10 Å². The SMILES string of the molecule is O=C(c1n[nH]c2ccc(-c3ccc(N4CCNCC4)cc3)cc12)N(Cl)c1ccncc1. The van der Waals surface area contributed by atoms with Gasteiger partial charge in [-0.3, -0.25) is 14.9 Å². The Morgan fingerprint density at radius 3 is 2.42 bits per heavy atom. The van der Waals surface area contributed by atoms with Crippen molar-refractivity contribution in [3.05, 3.63) is 72.7 Å². The Kier molecular flexibility index (Phi) is 5.28. The molecular formula is C23H21ClN6O. The number of halogens is 1. The number of aromatic amines is 1. The Bertz CT molecular complexity index is 1200. The lowest BCUT2D eigenvalue weighted by Crippen LogP contribution is -2.43. The Balaban J connectivity index is 1.44. The number of carbonyl (C=O) groups excluding carboxylic acids is 1. The zero-order valence-corrected chi connectivity index (χ0v) is 17.5. The molecule has 1 aliphatic heterocycles. The van der Waals surface area contributed by atoms with Crippen molar-refractivity contribution in [2.45, 2.75) is 0 Å². The number of benzene rings is 2. The van der Waals surface area contributed by atoms with Crippen LogP contribution in [0.3, 0.4) is 0 Å². The lowest BCUT2D eigenvalue weighted by atomic mass is 10.0. The molecule has 1 fully saturated rings. The number of nitrogens with one attached hydrogen (secondary N) is 2. The Morgan fingerprint density at radius 1 is 0.968 bits per heavy atom. The number of fused-ring (bicyclic) bond motifs is 1. The number of hydrogen-bond donors (Lipinski definition) is 2. The first-order chi connectivity index (χ1) is 15.2. The van der Waals surface area contributed by atoms with Crippen LogP contribution in [0.1, 0.15) is 10.5 Å². The van der Waals surface area contributed by atoms with Gasteiger partial charge in [0.05, 0.1) is 11.2 Å². The number of piperazine rings is 1. The summed E-state index contributed by atoms with van der Waals surface area (Å²) in [5, 5.41) is 11.3. The summed E-state index contributed by atoms with van der Waals surface area (Å²) in [5.74, 6) is -0.398. The minimum Gasteiger partial charge on any atom is -0.369 e. The predicted molar refractivity (Wildman–Crippen MR) is 124 cm³/mol. The molecule has 8 heteroatoms. The lowest BCUT2D eigenvalue weighted by molar-refractivity contribution is 0.100. The molecule has 1 saturated heterocycles. The van der Waals surface area contributed by atoms with E-state index in [0.717, 1.165) is 52.6 Å². The topological polar surface area (TPSA) is 77.2 Å². The number of H-pyrrole nitrogens is 1. The average Bonchev–Trinajstić information content (AvgIpc) is 3.27. The Hall–Kier alpha value is -3.42. The number of pyridine rings is 1. The highest BCUT2D eigenvalue weighted by molar-refractivity contribution is 6.40. The maximum absolute atomic E-state index is 13.0. The van der Waals surface area contributed by atoms with Gasteiger partial charge in [-0.05, 0) is 47.5 Å².